The molecule has 0 saturated carbocycles. The molecule has 24 heavy (non-hydrogen) atoms. The summed E-state index contributed by atoms with van der Waals surface area (Å²) >= 11 is 1.65. The molecule has 0 aliphatic carbocycles. The molecule has 2 aromatic rings. The minimum atomic E-state index is -0.361. The molecule has 126 valence electrons. The molecule has 1 aromatic carbocycles. The Morgan fingerprint density at radius 3 is 3.00 bits per heavy atom. The van der Waals surface area contributed by atoms with Crippen molar-refractivity contribution in [1.82, 2.24) is 9.88 Å². The van der Waals surface area contributed by atoms with Gasteiger partial charge in [-0.2, -0.15) is 0 Å². The van der Waals surface area contributed by atoms with Crippen LogP contribution in [0.25, 0.3) is 0 Å². The van der Waals surface area contributed by atoms with Crippen LogP contribution >= 0.6 is 11.3 Å². The molecule has 2 aliphatic heterocycles. The highest BCUT2D eigenvalue weighted by Crippen LogP contribution is 2.35. The lowest BCUT2D eigenvalue weighted by molar-refractivity contribution is -0.140. The van der Waals surface area contributed by atoms with E-state index in [1.165, 1.54) is 11.1 Å². The number of nitrogens with zero attached hydrogens (tertiary/aromatic N) is 2. The van der Waals surface area contributed by atoms with Gasteiger partial charge in [-0.3, -0.25) is 4.79 Å². The summed E-state index contributed by atoms with van der Waals surface area (Å²) in [6.45, 7) is 4.90. The quantitative estimate of drug-likeness (QED) is 0.833. The monoisotopic (exact) mass is 342 g/mol. The van der Waals surface area contributed by atoms with E-state index in [0.717, 1.165) is 48.7 Å². The first-order valence-electron chi connectivity index (χ1n) is 8.60. The van der Waals surface area contributed by atoms with Crippen LogP contribution in [0.2, 0.25) is 0 Å². The van der Waals surface area contributed by atoms with Gasteiger partial charge >= 0.3 is 0 Å². The van der Waals surface area contributed by atoms with Crippen molar-refractivity contribution in [3.63, 3.8) is 0 Å². The first-order chi connectivity index (χ1) is 11.6. The molecule has 1 amide bonds. The largest absolute Gasteiger partial charge is 0.480 e. The number of aryl methyl sites for hydroxylation is 3. The third-order valence-corrected chi connectivity index (χ3v) is 5.74. The Morgan fingerprint density at radius 2 is 2.21 bits per heavy atom. The van der Waals surface area contributed by atoms with Crippen LogP contribution in [0.4, 0.5) is 0 Å². The van der Waals surface area contributed by atoms with Crippen molar-refractivity contribution in [2.75, 3.05) is 6.54 Å². The van der Waals surface area contributed by atoms with Crippen LogP contribution in [-0.4, -0.2) is 28.4 Å². The van der Waals surface area contributed by atoms with Crippen LogP contribution in [0.3, 0.4) is 0 Å². The number of carbonyl (C=O) groups excluding carboxylic acids is 1. The van der Waals surface area contributed by atoms with E-state index in [2.05, 4.69) is 23.4 Å². The van der Waals surface area contributed by atoms with Crippen LogP contribution in [-0.2, 0) is 11.2 Å². The molecule has 0 N–H and O–H groups in total. The summed E-state index contributed by atoms with van der Waals surface area (Å²) in [6, 6.07) is 6.32. The highest BCUT2D eigenvalue weighted by atomic mass is 32.1. The minimum absolute atomic E-state index is 0.116. The van der Waals surface area contributed by atoms with Gasteiger partial charge in [-0.25, -0.2) is 4.98 Å². The van der Waals surface area contributed by atoms with Crippen LogP contribution in [0.1, 0.15) is 47.1 Å². The standard InChI is InChI=1S/C19H22N2O2S/c1-12-5-7-17-14(10-12)6-8-18(23-17)19(22)21-9-3-4-16(21)15-11-24-13(2)20-15/h5,7,10-11,16,18H,3-4,6,8-9H2,1-2H3/t16-,18-/m1/s1. The zero-order chi connectivity index (χ0) is 16.7. The first kappa shape index (κ1) is 15.6. The van der Waals surface area contributed by atoms with Gasteiger partial charge in [0.15, 0.2) is 6.10 Å². The maximum atomic E-state index is 13.0. The number of likely N-dealkylation sites (tertiary alicyclic amines) is 1. The molecule has 3 heterocycles. The van der Waals surface area contributed by atoms with Gasteiger partial charge in [0, 0.05) is 11.9 Å². The average Bonchev–Trinajstić information content (AvgIpc) is 3.22. The maximum absolute atomic E-state index is 13.0. The van der Waals surface area contributed by atoms with E-state index >= 15 is 0 Å². The van der Waals surface area contributed by atoms with Gasteiger partial charge < -0.3 is 9.64 Å². The molecule has 0 bridgehead atoms. The van der Waals surface area contributed by atoms with E-state index in [0.29, 0.717) is 0 Å². The fraction of sp³-hybridized carbons (Fsp3) is 0.474. The summed E-state index contributed by atoms with van der Waals surface area (Å²) < 4.78 is 6.04. The second kappa shape index (κ2) is 6.20. The van der Waals surface area contributed by atoms with Crippen LogP contribution < -0.4 is 4.74 Å². The lowest BCUT2D eigenvalue weighted by Crippen LogP contribution is -2.43. The summed E-state index contributed by atoms with van der Waals surface area (Å²) in [7, 11) is 0. The van der Waals surface area contributed by atoms with Crippen molar-refractivity contribution in [1.29, 1.82) is 0 Å². The predicted octanol–water partition coefficient (Wildman–Crippen LogP) is 3.82. The Kier molecular flexibility index (Phi) is 4.04. The number of benzene rings is 1. The molecule has 0 radical (unpaired) electrons. The molecule has 2 atom stereocenters. The second-order valence-electron chi connectivity index (χ2n) is 6.74. The zero-order valence-corrected chi connectivity index (χ0v) is 14.9. The number of rotatable bonds is 2. The van der Waals surface area contributed by atoms with Gasteiger partial charge in [-0.15, -0.1) is 11.3 Å². The highest BCUT2D eigenvalue weighted by molar-refractivity contribution is 7.09. The summed E-state index contributed by atoms with van der Waals surface area (Å²) in [6.07, 6.45) is 3.34. The highest BCUT2D eigenvalue weighted by Gasteiger charge is 2.37. The summed E-state index contributed by atoms with van der Waals surface area (Å²) in [4.78, 5) is 19.6. The smallest absolute Gasteiger partial charge is 0.264 e. The fourth-order valence-corrected chi connectivity index (χ4v) is 4.41. The average molecular weight is 342 g/mol. The summed E-state index contributed by atoms with van der Waals surface area (Å²) in [5, 5.41) is 3.15. The third kappa shape index (κ3) is 2.81. The van der Waals surface area contributed by atoms with Crippen molar-refractivity contribution in [2.24, 2.45) is 0 Å². The molecule has 1 aromatic heterocycles. The number of aromatic nitrogens is 1. The molecule has 4 nitrogen and oxygen atoms in total. The number of fused-ring (bicyclic) bond motifs is 1. The Bertz CT molecular complexity index is 770. The van der Waals surface area contributed by atoms with Gasteiger partial charge in [0.05, 0.1) is 16.7 Å². The second-order valence-corrected chi connectivity index (χ2v) is 7.80. The lowest BCUT2D eigenvalue weighted by atomic mass is 9.99. The SMILES string of the molecule is Cc1ccc2c(c1)CC[C@H](C(=O)N1CCC[C@@H]1c1csc(C)n1)O2. The van der Waals surface area contributed by atoms with Gasteiger partial charge in [0.25, 0.3) is 5.91 Å². The van der Waals surface area contributed by atoms with Crippen molar-refractivity contribution in [3.05, 3.63) is 45.4 Å². The van der Waals surface area contributed by atoms with Gasteiger partial charge in [0.1, 0.15) is 5.75 Å². The molecule has 0 unspecified atom stereocenters. The molecule has 1 fully saturated rings. The van der Waals surface area contributed by atoms with Gasteiger partial charge in [-0.05, 0) is 51.2 Å². The van der Waals surface area contributed by atoms with E-state index in [9.17, 15) is 4.79 Å². The van der Waals surface area contributed by atoms with Crippen LogP contribution in [0.15, 0.2) is 23.6 Å². The Morgan fingerprint density at radius 1 is 1.33 bits per heavy atom. The summed E-state index contributed by atoms with van der Waals surface area (Å²) in [5.74, 6) is 0.986. The third-order valence-electron chi connectivity index (χ3n) is 4.95. The topological polar surface area (TPSA) is 42.4 Å². The summed E-state index contributed by atoms with van der Waals surface area (Å²) in [5.41, 5.74) is 3.49. The van der Waals surface area contributed by atoms with E-state index in [1.54, 1.807) is 11.3 Å². The van der Waals surface area contributed by atoms with E-state index < -0.39 is 0 Å². The van der Waals surface area contributed by atoms with Gasteiger partial charge in [-0.1, -0.05) is 17.7 Å². The number of hydrogen-bond donors (Lipinski definition) is 0. The van der Waals surface area contributed by atoms with E-state index in [1.807, 2.05) is 24.0 Å². The predicted molar refractivity (Wildman–Crippen MR) is 94.5 cm³/mol. The van der Waals surface area contributed by atoms with E-state index in [4.69, 9.17) is 4.74 Å². The number of amides is 1. The van der Waals surface area contributed by atoms with Crippen molar-refractivity contribution < 1.29 is 9.53 Å². The fourth-order valence-electron chi connectivity index (χ4n) is 3.75. The zero-order valence-electron chi connectivity index (χ0n) is 14.1. The van der Waals surface area contributed by atoms with Crippen molar-refractivity contribution >= 4 is 17.2 Å². The Hall–Kier alpha value is -1.88. The van der Waals surface area contributed by atoms with Crippen molar-refractivity contribution in [2.45, 2.75) is 51.7 Å². The molecule has 1 saturated heterocycles. The number of carbonyl (C=O) groups is 1. The number of ether oxygens (including phenoxy) is 1. The molecule has 2 aliphatic rings. The first-order valence-corrected chi connectivity index (χ1v) is 9.48. The van der Waals surface area contributed by atoms with Gasteiger partial charge in [0.2, 0.25) is 0 Å². The maximum Gasteiger partial charge on any atom is 0.264 e. The van der Waals surface area contributed by atoms with E-state index in [-0.39, 0.29) is 18.1 Å². The van der Waals surface area contributed by atoms with Crippen LogP contribution in [0, 0.1) is 13.8 Å². The molecule has 0 spiro atoms. The van der Waals surface area contributed by atoms with Crippen LogP contribution in [0.5, 0.6) is 5.75 Å². The minimum Gasteiger partial charge on any atom is -0.480 e. The Balaban J connectivity index is 1.52. The Labute approximate surface area is 146 Å². The number of hydrogen-bond acceptors (Lipinski definition) is 4. The molecule has 5 heteroatoms. The molecular formula is C19H22N2O2S. The molecule has 4 rings (SSSR count). The van der Waals surface area contributed by atoms with Crippen molar-refractivity contribution in [3.8, 4) is 5.75 Å². The normalized spacial score (nSPS) is 23.0. The lowest BCUT2D eigenvalue weighted by Gasteiger charge is -2.31. The number of thiazole rings is 1. The molecular weight excluding hydrogens is 320 g/mol.